The smallest absolute Gasteiger partial charge is 0.348 e. The van der Waals surface area contributed by atoms with Gasteiger partial charge in [-0.25, -0.2) is 0 Å². The molecule has 1 rings (SSSR count). The molecule has 1 N–H and O–H groups in total. The molecule has 0 saturated heterocycles. The summed E-state index contributed by atoms with van der Waals surface area (Å²) in [6.45, 7) is 0.679. The SMILES string of the molecule is CN(C)C/C=C/C(=O)NCc1ccccc1SC(F)(F)F. The fourth-order valence-electron chi connectivity index (χ4n) is 1.49. The predicted octanol–water partition coefficient (Wildman–Crippen LogP) is 3.03. The number of nitrogens with one attached hydrogen (secondary N) is 1. The van der Waals surface area contributed by atoms with Crippen LogP contribution in [0.5, 0.6) is 0 Å². The van der Waals surface area contributed by atoms with Gasteiger partial charge in [0.05, 0.1) is 0 Å². The molecule has 0 saturated carbocycles. The number of rotatable bonds is 6. The Labute approximate surface area is 126 Å². The van der Waals surface area contributed by atoms with E-state index in [2.05, 4.69) is 5.32 Å². The van der Waals surface area contributed by atoms with E-state index in [4.69, 9.17) is 0 Å². The number of halogens is 3. The number of alkyl halides is 3. The van der Waals surface area contributed by atoms with Gasteiger partial charge in [-0.2, -0.15) is 13.2 Å². The van der Waals surface area contributed by atoms with Crippen molar-refractivity contribution in [1.29, 1.82) is 0 Å². The maximum Gasteiger partial charge on any atom is 0.446 e. The van der Waals surface area contributed by atoms with Crippen molar-refractivity contribution in [2.24, 2.45) is 0 Å². The summed E-state index contributed by atoms with van der Waals surface area (Å²) in [7, 11) is 3.74. The topological polar surface area (TPSA) is 32.3 Å². The fraction of sp³-hybridized carbons (Fsp3) is 0.357. The maximum atomic E-state index is 12.4. The Bertz CT molecular complexity index is 501. The van der Waals surface area contributed by atoms with E-state index in [-0.39, 0.29) is 29.1 Å². The van der Waals surface area contributed by atoms with Crippen molar-refractivity contribution >= 4 is 17.7 Å². The Morgan fingerprint density at radius 3 is 2.62 bits per heavy atom. The highest BCUT2D eigenvalue weighted by Gasteiger charge is 2.30. The van der Waals surface area contributed by atoms with E-state index in [1.54, 1.807) is 18.2 Å². The maximum absolute atomic E-state index is 12.4. The quantitative estimate of drug-likeness (QED) is 0.646. The highest BCUT2D eigenvalue weighted by Crippen LogP contribution is 2.38. The van der Waals surface area contributed by atoms with E-state index in [9.17, 15) is 18.0 Å². The summed E-state index contributed by atoms with van der Waals surface area (Å²) in [4.78, 5) is 13.5. The standard InChI is InChI=1S/C14H17F3N2OS/c1-19(2)9-5-8-13(20)18-10-11-6-3-4-7-12(11)21-14(15,16)17/h3-8H,9-10H2,1-2H3,(H,18,20)/b8-5+. The molecule has 1 aromatic carbocycles. The van der Waals surface area contributed by atoms with Crippen molar-refractivity contribution in [2.45, 2.75) is 16.9 Å². The van der Waals surface area contributed by atoms with E-state index in [0.717, 1.165) is 0 Å². The molecule has 1 aromatic rings. The second-order valence-corrected chi connectivity index (χ2v) is 5.64. The van der Waals surface area contributed by atoms with Crippen molar-refractivity contribution in [2.75, 3.05) is 20.6 Å². The molecular weight excluding hydrogens is 301 g/mol. The zero-order valence-corrected chi connectivity index (χ0v) is 12.6. The van der Waals surface area contributed by atoms with Crippen molar-refractivity contribution < 1.29 is 18.0 Å². The molecule has 0 aromatic heterocycles. The fourth-order valence-corrected chi connectivity index (χ4v) is 2.15. The second kappa shape index (κ2) is 8.09. The lowest BCUT2D eigenvalue weighted by Crippen LogP contribution is -2.21. The number of benzene rings is 1. The number of hydrogen-bond acceptors (Lipinski definition) is 3. The van der Waals surface area contributed by atoms with Gasteiger partial charge in [0.1, 0.15) is 0 Å². The van der Waals surface area contributed by atoms with E-state index >= 15 is 0 Å². The third-order valence-corrected chi connectivity index (χ3v) is 3.24. The van der Waals surface area contributed by atoms with Gasteiger partial charge in [-0.15, -0.1) is 0 Å². The average Bonchev–Trinajstić information content (AvgIpc) is 2.35. The Balaban J connectivity index is 2.59. The first-order valence-corrected chi connectivity index (χ1v) is 7.02. The van der Waals surface area contributed by atoms with Crippen LogP contribution < -0.4 is 5.32 Å². The molecule has 7 heteroatoms. The molecule has 21 heavy (non-hydrogen) atoms. The number of carbonyl (C=O) groups excluding carboxylic acids is 1. The van der Waals surface area contributed by atoms with Gasteiger partial charge in [-0.3, -0.25) is 4.79 Å². The molecular formula is C14H17F3N2OS. The summed E-state index contributed by atoms with van der Waals surface area (Å²) >= 11 is -0.175. The summed E-state index contributed by atoms with van der Waals surface area (Å²) in [6.07, 6.45) is 3.06. The van der Waals surface area contributed by atoms with E-state index in [1.807, 2.05) is 19.0 Å². The molecule has 116 valence electrons. The van der Waals surface area contributed by atoms with Crippen LogP contribution in [0.2, 0.25) is 0 Å². The van der Waals surface area contributed by atoms with Gasteiger partial charge in [-0.05, 0) is 37.5 Å². The summed E-state index contributed by atoms with van der Waals surface area (Å²) in [5.41, 5.74) is -3.90. The number of carbonyl (C=O) groups is 1. The highest BCUT2D eigenvalue weighted by molar-refractivity contribution is 8.00. The van der Waals surface area contributed by atoms with Crippen molar-refractivity contribution in [3.63, 3.8) is 0 Å². The van der Waals surface area contributed by atoms with Crippen LogP contribution in [-0.2, 0) is 11.3 Å². The molecule has 3 nitrogen and oxygen atoms in total. The zero-order valence-electron chi connectivity index (χ0n) is 11.8. The van der Waals surface area contributed by atoms with Crippen molar-refractivity contribution in [3.05, 3.63) is 42.0 Å². The normalized spacial score (nSPS) is 12.1. The van der Waals surface area contributed by atoms with Crippen LogP contribution >= 0.6 is 11.8 Å². The molecule has 0 heterocycles. The largest absolute Gasteiger partial charge is 0.446 e. The van der Waals surface area contributed by atoms with Gasteiger partial charge in [-0.1, -0.05) is 24.3 Å². The molecule has 0 radical (unpaired) electrons. The summed E-state index contributed by atoms with van der Waals surface area (Å²) in [5.74, 6) is -0.330. The lowest BCUT2D eigenvalue weighted by Gasteiger charge is -2.11. The Morgan fingerprint density at radius 2 is 2.00 bits per heavy atom. The number of hydrogen-bond donors (Lipinski definition) is 1. The lowest BCUT2D eigenvalue weighted by molar-refractivity contribution is -0.116. The number of thioether (sulfide) groups is 1. The first-order chi connectivity index (χ1) is 9.78. The third-order valence-electron chi connectivity index (χ3n) is 2.39. The van der Waals surface area contributed by atoms with Gasteiger partial charge in [0.2, 0.25) is 5.91 Å². The Hall–Kier alpha value is -1.47. The Kier molecular flexibility index (Phi) is 6.77. The summed E-state index contributed by atoms with van der Waals surface area (Å²) in [6, 6.07) is 6.14. The van der Waals surface area contributed by atoms with Crippen LogP contribution in [0.25, 0.3) is 0 Å². The molecule has 0 atom stereocenters. The van der Waals surface area contributed by atoms with Crippen LogP contribution in [0.1, 0.15) is 5.56 Å². The minimum Gasteiger partial charge on any atom is -0.348 e. The predicted molar refractivity (Wildman–Crippen MR) is 77.9 cm³/mol. The van der Waals surface area contributed by atoms with Crippen molar-refractivity contribution in [3.8, 4) is 0 Å². The molecule has 0 aliphatic heterocycles. The monoisotopic (exact) mass is 318 g/mol. The minimum atomic E-state index is -4.34. The first-order valence-electron chi connectivity index (χ1n) is 6.20. The molecule has 0 unspecified atom stereocenters. The molecule has 0 bridgehead atoms. The van der Waals surface area contributed by atoms with E-state index in [1.165, 1.54) is 18.2 Å². The van der Waals surface area contributed by atoms with E-state index < -0.39 is 5.51 Å². The van der Waals surface area contributed by atoms with Crippen LogP contribution in [0.15, 0.2) is 41.3 Å². The van der Waals surface area contributed by atoms with Crippen LogP contribution in [0, 0.1) is 0 Å². The molecule has 0 aliphatic carbocycles. The Morgan fingerprint density at radius 1 is 1.33 bits per heavy atom. The number of likely N-dealkylation sites (N-methyl/N-ethyl adjacent to an activating group) is 1. The van der Waals surface area contributed by atoms with Gasteiger partial charge in [0, 0.05) is 24.1 Å². The van der Waals surface area contributed by atoms with Gasteiger partial charge in [0.25, 0.3) is 0 Å². The minimum absolute atomic E-state index is 0.0599. The molecule has 0 fully saturated rings. The molecule has 0 aliphatic rings. The number of nitrogens with zero attached hydrogens (tertiary/aromatic N) is 1. The zero-order chi connectivity index (χ0) is 15.9. The van der Waals surface area contributed by atoms with E-state index in [0.29, 0.717) is 12.1 Å². The second-order valence-electron chi connectivity index (χ2n) is 4.54. The van der Waals surface area contributed by atoms with Gasteiger partial charge in [0.15, 0.2) is 0 Å². The van der Waals surface area contributed by atoms with Gasteiger partial charge >= 0.3 is 5.51 Å². The first kappa shape index (κ1) is 17.6. The van der Waals surface area contributed by atoms with Crippen molar-refractivity contribution in [1.82, 2.24) is 10.2 Å². The lowest BCUT2D eigenvalue weighted by atomic mass is 10.2. The van der Waals surface area contributed by atoms with Crippen LogP contribution in [0.3, 0.4) is 0 Å². The summed E-state index contributed by atoms with van der Waals surface area (Å²) < 4.78 is 37.3. The van der Waals surface area contributed by atoms with Gasteiger partial charge < -0.3 is 10.2 Å². The molecule has 0 spiro atoms. The van der Waals surface area contributed by atoms with Crippen LogP contribution in [0.4, 0.5) is 13.2 Å². The third kappa shape index (κ3) is 7.77. The van der Waals surface area contributed by atoms with Crippen LogP contribution in [-0.4, -0.2) is 37.0 Å². The average molecular weight is 318 g/mol. The molecule has 1 amide bonds. The summed E-state index contributed by atoms with van der Waals surface area (Å²) in [5, 5.41) is 2.57. The number of amides is 1. The highest BCUT2D eigenvalue weighted by atomic mass is 32.2.